The van der Waals surface area contributed by atoms with Crippen molar-refractivity contribution in [3.8, 4) is 5.82 Å². The zero-order chi connectivity index (χ0) is 35.0. The predicted octanol–water partition coefficient (Wildman–Crippen LogP) is 2.69. The number of aromatic nitrogens is 5. The Morgan fingerprint density at radius 3 is 2.42 bits per heavy atom. The third-order valence-electron chi connectivity index (χ3n) is 5.77. The molecule has 1 saturated heterocycles. The molecule has 11 nitrogen and oxygen atoms in total. The fourth-order valence-electron chi connectivity index (χ4n) is 3.83. The minimum atomic E-state index is -5.08. The van der Waals surface area contributed by atoms with Gasteiger partial charge in [0.1, 0.15) is 0 Å². The van der Waals surface area contributed by atoms with E-state index in [0.717, 1.165) is 0 Å². The molecular formula is C24H29F5N8O3. The van der Waals surface area contributed by atoms with E-state index in [4.69, 9.17) is 23.9 Å². The molecule has 0 bridgehead atoms. The first-order valence-electron chi connectivity index (χ1n) is 14.7. The molecule has 1 amide bonds. The van der Waals surface area contributed by atoms with Crippen molar-refractivity contribution in [3.05, 3.63) is 35.5 Å². The Kier molecular flexibility index (Phi) is 6.65. The number of nitrogens with two attached hydrogens (primary N) is 1. The van der Waals surface area contributed by atoms with Crippen molar-refractivity contribution in [2.45, 2.75) is 51.3 Å². The van der Waals surface area contributed by atoms with Gasteiger partial charge in [-0.05, 0) is 32.9 Å². The minimum Gasteiger partial charge on any atom is -0.475 e. The van der Waals surface area contributed by atoms with E-state index in [1.807, 2.05) is 0 Å². The average Bonchev–Trinajstić information content (AvgIpc) is 3.50. The highest BCUT2D eigenvalue weighted by Crippen LogP contribution is 2.32. The Balaban J connectivity index is 0.000000738. The number of aliphatic carboxylic acids is 1. The van der Waals surface area contributed by atoms with Crippen LogP contribution in [0.2, 0.25) is 0 Å². The molecular weight excluding hydrogens is 543 g/mol. The number of aryl methyl sites for hydroxylation is 1. The molecule has 3 N–H and O–H groups in total. The zero-order valence-electron chi connectivity index (χ0n) is 27.2. The molecule has 4 rings (SSSR count). The summed E-state index contributed by atoms with van der Waals surface area (Å²) in [6.07, 6.45) is -3.20. The molecule has 1 atom stereocenters. The molecule has 1 fully saturated rings. The third-order valence-corrected chi connectivity index (χ3v) is 5.77. The van der Waals surface area contributed by atoms with Crippen LogP contribution in [0.3, 0.4) is 0 Å². The summed E-state index contributed by atoms with van der Waals surface area (Å²) in [7, 11) is 0. The topological polar surface area (TPSA) is 143 Å². The van der Waals surface area contributed by atoms with E-state index in [9.17, 15) is 26.7 Å². The van der Waals surface area contributed by atoms with Gasteiger partial charge in [-0.15, -0.1) is 5.10 Å². The predicted molar refractivity (Wildman–Crippen MR) is 134 cm³/mol. The smallest absolute Gasteiger partial charge is 0.475 e. The number of nitrogens with zero attached hydrogens (tertiary/aromatic N) is 7. The monoisotopic (exact) mass is 578 g/mol. The number of hydrogen-bond donors (Lipinski definition) is 2. The van der Waals surface area contributed by atoms with Crippen LogP contribution in [0, 0.1) is 0 Å². The van der Waals surface area contributed by atoms with Gasteiger partial charge < -0.3 is 20.6 Å². The molecule has 0 saturated carbocycles. The van der Waals surface area contributed by atoms with Crippen LogP contribution in [0.15, 0.2) is 18.3 Å². The number of carboxylic acid groups (broad SMARTS) is 1. The highest BCUT2D eigenvalue weighted by atomic mass is 19.4. The molecule has 218 valence electrons. The number of hydrogen-bond acceptors (Lipinski definition) is 8. The number of carboxylic acids is 1. The number of carbonyl (C=O) groups excluding carboxylic acids is 1. The van der Waals surface area contributed by atoms with Crippen LogP contribution in [0.25, 0.3) is 16.7 Å². The first-order valence-corrected chi connectivity index (χ1v) is 11.7. The van der Waals surface area contributed by atoms with Gasteiger partial charge in [0.15, 0.2) is 11.6 Å². The van der Waals surface area contributed by atoms with Gasteiger partial charge in [-0.2, -0.15) is 22.0 Å². The Hall–Kier alpha value is -3.95. The van der Waals surface area contributed by atoms with Gasteiger partial charge >= 0.3 is 18.1 Å². The van der Waals surface area contributed by atoms with Gasteiger partial charge in [-0.1, -0.05) is 6.92 Å². The third kappa shape index (κ3) is 7.16. The normalized spacial score (nSPS) is 18.7. The Morgan fingerprint density at radius 2 is 1.88 bits per heavy atom. The summed E-state index contributed by atoms with van der Waals surface area (Å²) >= 11 is 0. The van der Waals surface area contributed by atoms with E-state index in [1.54, 1.807) is 17.9 Å². The fourth-order valence-corrected chi connectivity index (χ4v) is 3.83. The van der Waals surface area contributed by atoms with Gasteiger partial charge in [0.25, 0.3) is 0 Å². The van der Waals surface area contributed by atoms with Crippen molar-refractivity contribution >= 4 is 28.6 Å². The summed E-state index contributed by atoms with van der Waals surface area (Å²) in [5.41, 5.74) is 6.41. The number of fused-ring (bicyclic) bond motifs is 1. The molecule has 0 spiro atoms. The van der Waals surface area contributed by atoms with Crippen molar-refractivity contribution in [2.75, 3.05) is 31.9 Å². The summed E-state index contributed by atoms with van der Waals surface area (Å²) in [5, 5.41) is 12.2. The first kappa shape index (κ1) is 22.8. The number of amides is 1. The maximum atomic E-state index is 14.2. The maximum Gasteiger partial charge on any atom is 0.490 e. The molecule has 1 unspecified atom stereocenters. The molecule has 3 aromatic rings. The van der Waals surface area contributed by atoms with E-state index in [1.165, 1.54) is 16.9 Å². The summed E-state index contributed by atoms with van der Waals surface area (Å²) in [4.78, 5) is 35.0. The first-order chi connectivity index (χ1) is 20.9. The molecule has 3 aromatic heterocycles. The number of likely N-dealkylation sites (N-methyl/N-ethyl adjacent to an activating group) is 1. The quantitative estimate of drug-likeness (QED) is 0.405. The van der Waals surface area contributed by atoms with Gasteiger partial charge in [-0.3, -0.25) is 9.78 Å². The fraction of sp³-hybridized carbons (Fsp3) is 0.500. The lowest BCUT2D eigenvalue weighted by Gasteiger charge is -2.20. The van der Waals surface area contributed by atoms with E-state index in [0.29, 0.717) is 46.4 Å². The average molecular weight is 579 g/mol. The molecule has 4 heterocycles. The SMILES string of the molecule is O=C(O)C(F)(F)F.[2H]C([2H])([2H])N(C1CCN(c2nn(-c3cc(CC)nc(C(C)(F)F)n3)c3cc(CC(N)=O)ncc23)C1)C([2H])([2H])[2H]. The molecule has 16 heteroatoms. The van der Waals surface area contributed by atoms with Crippen LogP contribution in [0.5, 0.6) is 0 Å². The van der Waals surface area contributed by atoms with Crippen molar-refractivity contribution < 1.29 is 44.9 Å². The van der Waals surface area contributed by atoms with Crippen LogP contribution in [-0.2, 0) is 28.4 Å². The largest absolute Gasteiger partial charge is 0.490 e. The van der Waals surface area contributed by atoms with Crippen molar-refractivity contribution in [2.24, 2.45) is 5.73 Å². The lowest BCUT2D eigenvalue weighted by atomic mass is 10.2. The number of pyridine rings is 1. The summed E-state index contributed by atoms with van der Waals surface area (Å²) in [5.74, 6) is -6.97. The zero-order valence-corrected chi connectivity index (χ0v) is 21.2. The molecule has 1 aliphatic heterocycles. The molecule has 0 aliphatic carbocycles. The summed E-state index contributed by atoms with van der Waals surface area (Å²) in [6.45, 7) is -2.93. The van der Waals surface area contributed by atoms with Crippen LogP contribution >= 0.6 is 0 Å². The van der Waals surface area contributed by atoms with Crippen LogP contribution < -0.4 is 10.6 Å². The number of anilines is 1. The number of carbonyl (C=O) groups is 2. The standard InChI is InChI=1S/C22H28F2N8O.C2HF3O2/c1-5-13-10-19(28-21(27-13)22(2,23)24)32-17-8-14(9-18(25)33)26-11-16(17)20(29-32)31-7-6-15(12-31)30(3)4;3-2(4,5)1(6)7/h8,10-11,15H,5-7,9,12H2,1-4H3,(H2,25,33);(H,6,7)/i3D3,4D3;. The molecule has 1 aliphatic rings. The highest BCUT2D eigenvalue weighted by molar-refractivity contribution is 5.92. The molecule has 40 heavy (non-hydrogen) atoms. The van der Waals surface area contributed by atoms with Crippen molar-refractivity contribution in [1.29, 1.82) is 0 Å². The van der Waals surface area contributed by atoms with Crippen LogP contribution in [0.1, 0.15) is 45.7 Å². The van der Waals surface area contributed by atoms with Crippen LogP contribution in [0.4, 0.5) is 27.8 Å². The van der Waals surface area contributed by atoms with Crippen molar-refractivity contribution in [3.63, 3.8) is 0 Å². The van der Waals surface area contributed by atoms with Gasteiger partial charge in [0, 0.05) is 52.2 Å². The second-order valence-corrected chi connectivity index (χ2v) is 8.92. The lowest BCUT2D eigenvalue weighted by molar-refractivity contribution is -0.192. The number of rotatable bonds is 7. The Bertz CT molecular complexity index is 1580. The van der Waals surface area contributed by atoms with Crippen LogP contribution in [-0.4, -0.2) is 85.9 Å². The Labute approximate surface area is 234 Å². The number of primary amides is 1. The van der Waals surface area contributed by atoms with Crippen molar-refractivity contribution in [1.82, 2.24) is 29.6 Å². The highest BCUT2D eigenvalue weighted by Gasteiger charge is 2.38. The van der Waals surface area contributed by atoms with Gasteiger partial charge in [-0.25, -0.2) is 19.4 Å². The summed E-state index contributed by atoms with van der Waals surface area (Å²) < 4.78 is 108. The van der Waals surface area contributed by atoms with E-state index in [-0.39, 0.29) is 31.7 Å². The van der Waals surface area contributed by atoms with E-state index >= 15 is 0 Å². The Morgan fingerprint density at radius 1 is 1.20 bits per heavy atom. The maximum absolute atomic E-state index is 14.2. The number of alkyl halides is 5. The van der Waals surface area contributed by atoms with Gasteiger partial charge in [0.05, 0.1) is 23.0 Å². The minimum absolute atomic E-state index is 0.0359. The molecule has 0 aromatic carbocycles. The molecule has 0 radical (unpaired) electrons. The lowest BCUT2D eigenvalue weighted by Crippen LogP contribution is -2.31. The summed E-state index contributed by atoms with van der Waals surface area (Å²) in [6, 6.07) is 2.25. The van der Waals surface area contributed by atoms with E-state index in [2.05, 4.69) is 20.1 Å². The van der Waals surface area contributed by atoms with E-state index < -0.39 is 49.8 Å². The van der Waals surface area contributed by atoms with Gasteiger partial charge in [0.2, 0.25) is 11.7 Å². The second kappa shape index (κ2) is 11.7. The number of halogens is 5. The second-order valence-electron chi connectivity index (χ2n) is 8.92.